The van der Waals surface area contributed by atoms with Crippen molar-refractivity contribution in [1.82, 2.24) is 9.80 Å². The van der Waals surface area contributed by atoms with Gasteiger partial charge in [0, 0.05) is 31.0 Å². The van der Waals surface area contributed by atoms with E-state index in [9.17, 15) is 9.59 Å². The first-order valence-corrected chi connectivity index (χ1v) is 8.12. The molecule has 1 spiro atoms. The number of likely N-dealkylation sites (tertiary alicyclic amines) is 1. The standard InChI is InChI=1S/C18H20N2O4/c1-11-4-5-13-12(2)15(23-14(13)8-11)16(21)20-7-6-18(10-20)9-19(3)17(22)24-18/h4-5,8H,6-7,9-10H2,1-3H3/t18-/m0/s1. The number of hydrogen-bond acceptors (Lipinski definition) is 4. The molecule has 2 aliphatic heterocycles. The third kappa shape index (κ3) is 2.17. The zero-order valence-corrected chi connectivity index (χ0v) is 14.1. The second-order valence-corrected chi connectivity index (χ2v) is 6.94. The fourth-order valence-electron chi connectivity index (χ4n) is 3.70. The Morgan fingerprint density at radius 1 is 1.25 bits per heavy atom. The Kier molecular flexibility index (Phi) is 3.13. The molecule has 2 amide bonds. The molecule has 1 aromatic heterocycles. The van der Waals surface area contributed by atoms with E-state index >= 15 is 0 Å². The third-order valence-corrected chi connectivity index (χ3v) is 5.03. The number of rotatable bonds is 1. The summed E-state index contributed by atoms with van der Waals surface area (Å²) in [7, 11) is 1.72. The van der Waals surface area contributed by atoms with Gasteiger partial charge in [-0.2, -0.15) is 0 Å². The van der Waals surface area contributed by atoms with Crippen molar-refractivity contribution in [2.45, 2.75) is 25.9 Å². The van der Waals surface area contributed by atoms with E-state index in [-0.39, 0.29) is 12.0 Å². The summed E-state index contributed by atoms with van der Waals surface area (Å²) < 4.78 is 11.3. The van der Waals surface area contributed by atoms with Crippen LogP contribution in [-0.4, -0.2) is 54.1 Å². The zero-order valence-electron chi connectivity index (χ0n) is 14.1. The summed E-state index contributed by atoms with van der Waals surface area (Å²) in [6.45, 7) is 5.40. The molecule has 4 rings (SSSR count). The van der Waals surface area contributed by atoms with Gasteiger partial charge in [0.05, 0.1) is 13.1 Å². The minimum atomic E-state index is -0.571. The molecule has 126 valence electrons. The number of nitrogens with zero attached hydrogens (tertiary/aromatic N) is 2. The lowest BCUT2D eigenvalue weighted by molar-refractivity contribution is 0.0540. The summed E-state index contributed by atoms with van der Waals surface area (Å²) in [5.41, 5.74) is 2.11. The van der Waals surface area contributed by atoms with E-state index in [4.69, 9.17) is 9.15 Å². The van der Waals surface area contributed by atoms with E-state index in [0.717, 1.165) is 22.1 Å². The lowest BCUT2D eigenvalue weighted by Crippen LogP contribution is -2.39. The van der Waals surface area contributed by atoms with Crippen molar-refractivity contribution in [1.29, 1.82) is 0 Å². The Hall–Kier alpha value is -2.50. The highest BCUT2D eigenvalue weighted by molar-refractivity contribution is 5.99. The Morgan fingerprint density at radius 2 is 2.04 bits per heavy atom. The minimum absolute atomic E-state index is 0.135. The van der Waals surface area contributed by atoms with Gasteiger partial charge in [-0.05, 0) is 25.5 Å². The second kappa shape index (κ2) is 5.00. The van der Waals surface area contributed by atoms with Crippen LogP contribution in [0.4, 0.5) is 4.79 Å². The number of ether oxygens (including phenoxy) is 1. The lowest BCUT2D eigenvalue weighted by atomic mass is 10.0. The predicted molar refractivity (Wildman–Crippen MR) is 88.1 cm³/mol. The summed E-state index contributed by atoms with van der Waals surface area (Å²) in [5, 5.41) is 0.963. The molecule has 0 N–H and O–H groups in total. The molecule has 0 bridgehead atoms. The van der Waals surface area contributed by atoms with E-state index in [2.05, 4.69) is 0 Å². The van der Waals surface area contributed by atoms with Crippen LogP contribution in [0, 0.1) is 13.8 Å². The number of carbonyl (C=O) groups is 2. The molecule has 2 saturated heterocycles. The molecular weight excluding hydrogens is 308 g/mol. The maximum Gasteiger partial charge on any atom is 0.410 e. The largest absolute Gasteiger partial charge is 0.451 e. The fraction of sp³-hybridized carbons (Fsp3) is 0.444. The Balaban J connectivity index is 1.61. The molecule has 2 aromatic rings. The van der Waals surface area contributed by atoms with Gasteiger partial charge in [-0.15, -0.1) is 0 Å². The van der Waals surface area contributed by atoms with Gasteiger partial charge in [0.15, 0.2) is 11.4 Å². The van der Waals surface area contributed by atoms with E-state index in [0.29, 0.717) is 31.8 Å². The summed E-state index contributed by atoms with van der Waals surface area (Å²) in [6, 6.07) is 5.94. The highest BCUT2D eigenvalue weighted by atomic mass is 16.6. The Labute approximate surface area is 140 Å². The number of amides is 2. The van der Waals surface area contributed by atoms with Crippen molar-refractivity contribution < 1.29 is 18.7 Å². The number of furan rings is 1. The summed E-state index contributed by atoms with van der Waals surface area (Å²) in [5.74, 6) is 0.245. The van der Waals surface area contributed by atoms with Crippen LogP contribution >= 0.6 is 0 Å². The Bertz CT molecular complexity index is 856. The third-order valence-electron chi connectivity index (χ3n) is 5.03. The lowest BCUT2D eigenvalue weighted by Gasteiger charge is -2.21. The number of hydrogen-bond donors (Lipinski definition) is 0. The van der Waals surface area contributed by atoms with Crippen molar-refractivity contribution in [3.8, 4) is 0 Å². The van der Waals surface area contributed by atoms with Crippen LogP contribution in [0.2, 0.25) is 0 Å². The first kappa shape index (κ1) is 15.1. The molecule has 6 heteroatoms. The first-order chi connectivity index (χ1) is 11.4. The summed E-state index contributed by atoms with van der Waals surface area (Å²) >= 11 is 0. The topological polar surface area (TPSA) is 63.0 Å². The van der Waals surface area contributed by atoms with Crippen LogP contribution < -0.4 is 0 Å². The van der Waals surface area contributed by atoms with E-state index in [1.54, 1.807) is 16.8 Å². The molecule has 3 heterocycles. The average Bonchev–Trinajstić information content (AvgIpc) is 3.16. The smallest absolute Gasteiger partial charge is 0.410 e. The van der Waals surface area contributed by atoms with Gasteiger partial charge in [-0.25, -0.2) is 4.79 Å². The quantitative estimate of drug-likeness (QED) is 0.807. The van der Waals surface area contributed by atoms with Gasteiger partial charge in [-0.1, -0.05) is 12.1 Å². The van der Waals surface area contributed by atoms with Gasteiger partial charge in [0.1, 0.15) is 5.58 Å². The van der Waals surface area contributed by atoms with Gasteiger partial charge in [0.25, 0.3) is 5.91 Å². The normalized spacial score (nSPS) is 23.5. The number of likely N-dealkylation sites (N-methyl/N-ethyl adjacent to an activating group) is 1. The van der Waals surface area contributed by atoms with Crippen molar-refractivity contribution in [2.24, 2.45) is 0 Å². The van der Waals surface area contributed by atoms with E-state index in [1.807, 2.05) is 32.0 Å². The number of aryl methyl sites for hydroxylation is 2. The summed E-state index contributed by atoms with van der Waals surface area (Å²) in [6.07, 6.45) is 0.340. The van der Waals surface area contributed by atoms with Crippen LogP contribution in [0.15, 0.2) is 22.6 Å². The van der Waals surface area contributed by atoms with Crippen LogP contribution in [-0.2, 0) is 4.74 Å². The highest BCUT2D eigenvalue weighted by Crippen LogP contribution is 2.34. The molecule has 6 nitrogen and oxygen atoms in total. The van der Waals surface area contributed by atoms with Crippen LogP contribution in [0.1, 0.15) is 28.1 Å². The molecule has 1 atom stereocenters. The molecular formula is C18H20N2O4. The number of carbonyl (C=O) groups excluding carboxylic acids is 2. The predicted octanol–water partition coefficient (Wildman–Crippen LogP) is 2.72. The van der Waals surface area contributed by atoms with Gasteiger partial charge < -0.3 is 19.0 Å². The van der Waals surface area contributed by atoms with Crippen LogP contribution in [0.25, 0.3) is 11.0 Å². The van der Waals surface area contributed by atoms with Crippen molar-refractivity contribution >= 4 is 23.0 Å². The monoisotopic (exact) mass is 328 g/mol. The summed E-state index contributed by atoms with van der Waals surface area (Å²) in [4.78, 5) is 27.9. The Morgan fingerprint density at radius 3 is 2.75 bits per heavy atom. The van der Waals surface area contributed by atoms with Crippen LogP contribution in [0.3, 0.4) is 0 Å². The second-order valence-electron chi connectivity index (χ2n) is 6.94. The molecule has 2 fully saturated rings. The SMILES string of the molecule is Cc1ccc2c(C)c(C(=O)N3CC[C@]4(CN(C)C(=O)O4)C3)oc2c1. The molecule has 24 heavy (non-hydrogen) atoms. The van der Waals surface area contributed by atoms with E-state index < -0.39 is 5.60 Å². The van der Waals surface area contributed by atoms with Gasteiger partial charge in [0.2, 0.25) is 0 Å². The molecule has 0 aliphatic carbocycles. The minimum Gasteiger partial charge on any atom is -0.451 e. The van der Waals surface area contributed by atoms with Gasteiger partial charge >= 0.3 is 6.09 Å². The average molecular weight is 328 g/mol. The van der Waals surface area contributed by atoms with Gasteiger partial charge in [-0.3, -0.25) is 4.79 Å². The maximum atomic E-state index is 12.9. The molecule has 1 aromatic carbocycles. The highest BCUT2D eigenvalue weighted by Gasteiger charge is 2.50. The number of fused-ring (bicyclic) bond motifs is 1. The molecule has 0 unspecified atom stereocenters. The van der Waals surface area contributed by atoms with Crippen LogP contribution in [0.5, 0.6) is 0 Å². The fourth-order valence-corrected chi connectivity index (χ4v) is 3.70. The maximum absolute atomic E-state index is 12.9. The van der Waals surface area contributed by atoms with Crippen molar-refractivity contribution in [3.63, 3.8) is 0 Å². The zero-order chi connectivity index (χ0) is 17.1. The molecule has 0 saturated carbocycles. The van der Waals surface area contributed by atoms with E-state index in [1.165, 1.54) is 0 Å². The molecule has 0 radical (unpaired) electrons. The van der Waals surface area contributed by atoms with Crippen molar-refractivity contribution in [2.75, 3.05) is 26.7 Å². The number of benzene rings is 1. The van der Waals surface area contributed by atoms with Crippen molar-refractivity contribution in [3.05, 3.63) is 35.1 Å². The molecule has 2 aliphatic rings. The first-order valence-electron chi connectivity index (χ1n) is 8.12.